The van der Waals surface area contributed by atoms with Gasteiger partial charge in [-0.25, -0.2) is 9.97 Å². The molecule has 4 nitrogen and oxygen atoms in total. The van der Waals surface area contributed by atoms with Crippen LogP contribution in [0.5, 0.6) is 0 Å². The molecule has 0 spiro atoms. The second kappa shape index (κ2) is 9.62. The number of hydrogen-bond donors (Lipinski definition) is 0. The highest BCUT2D eigenvalue weighted by atomic mass is 16.3. The van der Waals surface area contributed by atoms with Crippen LogP contribution in [0.15, 0.2) is 156 Å². The van der Waals surface area contributed by atoms with E-state index in [1.54, 1.807) is 0 Å². The monoisotopic (exact) mass is 587 g/mol. The Labute approximate surface area is 263 Å². The fourth-order valence-corrected chi connectivity index (χ4v) is 7.17. The number of aromatic nitrogens is 3. The summed E-state index contributed by atoms with van der Waals surface area (Å²) in [6.45, 7) is 0. The van der Waals surface area contributed by atoms with E-state index in [-0.39, 0.29) is 0 Å². The fourth-order valence-electron chi connectivity index (χ4n) is 7.17. The van der Waals surface area contributed by atoms with Crippen molar-refractivity contribution in [3.8, 4) is 28.3 Å². The van der Waals surface area contributed by atoms with Crippen molar-refractivity contribution in [2.45, 2.75) is 0 Å². The lowest BCUT2D eigenvalue weighted by atomic mass is 9.96. The SMILES string of the molecule is c1ccc(-c2ccc3c(c2)c2oc4ccccc4c2c2c4ccccc4n(-c4nc(-c5ccccc5)c5ccccc5n4)c32)cc1. The summed E-state index contributed by atoms with van der Waals surface area (Å²) in [5.74, 6) is 0.643. The highest BCUT2D eigenvalue weighted by molar-refractivity contribution is 6.36. The van der Waals surface area contributed by atoms with Crippen molar-refractivity contribution in [3.63, 3.8) is 0 Å². The van der Waals surface area contributed by atoms with Gasteiger partial charge in [0.2, 0.25) is 5.95 Å². The van der Waals surface area contributed by atoms with Gasteiger partial charge in [0.15, 0.2) is 0 Å². The molecule has 0 radical (unpaired) electrons. The molecule has 0 saturated heterocycles. The molecule has 0 N–H and O–H groups in total. The van der Waals surface area contributed by atoms with E-state index in [2.05, 4.69) is 138 Å². The van der Waals surface area contributed by atoms with E-state index in [0.717, 1.165) is 82.2 Å². The van der Waals surface area contributed by atoms with E-state index >= 15 is 0 Å². The van der Waals surface area contributed by atoms with Crippen LogP contribution >= 0.6 is 0 Å². The van der Waals surface area contributed by atoms with E-state index in [1.165, 1.54) is 5.56 Å². The predicted octanol–water partition coefficient (Wildman–Crippen LogP) is 11.1. The van der Waals surface area contributed by atoms with E-state index in [1.807, 2.05) is 18.2 Å². The third-order valence-electron chi connectivity index (χ3n) is 9.19. The zero-order chi connectivity index (χ0) is 30.2. The second-order valence-electron chi connectivity index (χ2n) is 11.8. The van der Waals surface area contributed by atoms with E-state index in [4.69, 9.17) is 14.4 Å². The van der Waals surface area contributed by atoms with Crippen molar-refractivity contribution in [1.82, 2.24) is 14.5 Å². The van der Waals surface area contributed by atoms with Crippen molar-refractivity contribution < 1.29 is 4.42 Å². The van der Waals surface area contributed by atoms with Gasteiger partial charge in [0.05, 0.1) is 22.2 Å². The average Bonchev–Trinajstić information content (AvgIpc) is 3.68. The molecule has 0 bridgehead atoms. The number of hydrogen-bond acceptors (Lipinski definition) is 3. The minimum absolute atomic E-state index is 0.643. The summed E-state index contributed by atoms with van der Waals surface area (Å²) in [5, 5.41) is 7.68. The molecule has 3 aromatic heterocycles. The van der Waals surface area contributed by atoms with Gasteiger partial charge in [0.25, 0.3) is 0 Å². The maximum Gasteiger partial charge on any atom is 0.235 e. The predicted molar refractivity (Wildman–Crippen MR) is 190 cm³/mol. The van der Waals surface area contributed by atoms with Crippen LogP contribution in [0.1, 0.15) is 0 Å². The number of para-hydroxylation sites is 3. The molecule has 10 aromatic rings. The molecular formula is C42H25N3O. The topological polar surface area (TPSA) is 43.9 Å². The molecular weight excluding hydrogens is 562 g/mol. The lowest BCUT2D eigenvalue weighted by Gasteiger charge is -2.13. The summed E-state index contributed by atoms with van der Waals surface area (Å²) in [4.78, 5) is 10.6. The summed E-state index contributed by atoms with van der Waals surface area (Å²) in [7, 11) is 0. The summed E-state index contributed by atoms with van der Waals surface area (Å²) >= 11 is 0. The Hall–Kier alpha value is -6.26. The quantitative estimate of drug-likeness (QED) is 0.207. The van der Waals surface area contributed by atoms with Crippen LogP contribution in [0.25, 0.3) is 93.8 Å². The Kier molecular flexibility index (Phi) is 5.25. The highest BCUT2D eigenvalue weighted by Gasteiger charge is 2.24. The standard InChI is InChI=1S/C42H25N3O/c1-3-13-26(14-4-1)28-23-24-29-33(25-28)41-38(32-19-9-12-22-36(32)46-41)37-31-18-8-11-21-35(31)45(40(29)37)42-43-34-20-10-7-17-30(34)39(44-42)27-15-5-2-6-16-27/h1-25H. The zero-order valence-corrected chi connectivity index (χ0v) is 24.7. The van der Waals surface area contributed by atoms with Gasteiger partial charge >= 0.3 is 0 Å². The van der Waals surface area contributed by atoms with Crippen LogP contribution in [0.2, 0.25) is 0 Å². The Morgan fingerprint density at radius 2 is 1.13 bits per heavy atom. The van der Waals surface area contributed by atoms with Crippen LogP contribution in [-0.2, 0) is 0 Å². The Bertz CT molecular complexity index is 2790. The molecule has 0 aliphatic heterocycles. The molecule has 10 rings (SSSR count). The fraction of sp³-hybridized carbons (Fsp3) is 0. The van der Waals surface area contributed by atoms with Crippen molar-refractivity contribution in [2.24, 2.45) is 0 Å². The van der Waals surface area contributed by atoms with Crippen molar-refractivity contribution in [3.05, 3.63) is 152 Å². The Morgan fingerprint density at radius 1 is 0.457 bits per heavy atom. The van der Waals surface area contributed by atoms with Gasteiger partial charge in [0, 0.05) is 43.3 Å². The van der Waals surface area contributed by atoms with Crippen molar-refractivity contribution in [2.75, 3.05) is 0 Å². The summed E-state index contributed by atoms with van der Waals surface area (Å²) in [6.07, 6.45) is 0. The van der Waals surface area contributed by atoms with Gasteiger partial charge in [-0.1, -0.05) is 127 Å². The van der Waals surface area contributed by atoms with Crippen LogP contribution in [0.3, 0.4) is 0 Å². The Morgan fingerprint density at radius 3 is 1.96 bits per heavy atom. The smallest absolute Gasteiger partial charge is 0.235 e. The van der Waals surface area contributed by atoms with Crippen LogP contribution in [0, 0.1) is 0 Å². The lowest BCUT2D eigenvalue weighted by Crippen LogP contribution is -2.03. The average molecular weight is 588 g/mol. The first-order valence-corrected chi connectivity index (χ1v) is 15.5. The van der Waals surface area contributed by atoms with E-state index in [9.17, 15) is 0 Å². The lowest BCUT2D eigenvalue weighted by molar-refractivity contribution is 0.673. The number of nitrogens with zero attached hydrogens (tertiary/aromatic N) is 3. The maximum atomic E-state index is 6.72. The molecule has 46 heavy (non-hydrogen) atoms. The molecule has 0 aliphatic carbocycles. The van der Waals surface area contributed by atoms with Gasteiger partial charge in [-0.2, -0.15) is 0 Å². The number of rotatable bonds is 3. The molecule has 7 aromatic carbocycles. The zero-order valence-electron chi connectivity index (χ0n) is 24.7. The molecule has 0 saturated carbocycles. The number of furan rings is 1. The van der Waals surface area contributed by atoms with Crippen LogP contribution in [0.4, 0.5) is 0 Å². The first-order chi connectivity index (χ1) is 22.8. The minimum atomic E-state index is 0.643. The van der Waals surface area contributed by atoms with E-state index in [0.29, 0.717) is 5.95 Å². The molecule has 3 heterocycles. The molecule has 0 unspecified atom stereocenters. The molecule has 214 valence electrons. The molecule has 0 fully saturated rings. The summed E-state index contributed by atoms with van der Waals surface area (Å²) in [5.41, 5.74) is 9.09. The first kappa shape index (κ1) is 25.1. The maximum absolute atomic E-state index is 6.72. The molecule has 0 atom stereocenters. The molecule has 0 aliphatic rings. The van der Waals surface area contributed by atoms with Crippen LogP contribution < -0.4 is 0 Å². The largest absolute Gasteiger partial charge is 0.455 e. The normalized spacial score (nSPS) is 11.9. The summed E-state index contributed by atoms with van der Waals surface area (Å²) in [6, 6.07) is 52.9. The number of benzene rings is 7. The highest BCUT2D eigenvalue weighted by Crippen LogP contribution is 2.46. The Balaban J connectivity index is 1.42. The summed E-state index contributed by atoms with van der Waals surface area (Å²) < 4.78 is 8.98. The van der Waals surface area contributed by atoms with Crippen molar-refractivity contribution >= 4 is 65.4 Å². The van der Waals surface area contributed by atoms with E-state index < -0.39 is 0 Å². The van der Waals surface area contributed by atoms with Gasteiger partial charge in [0.1, 0.15) is 11.2 Å². The van der Waals surface area contributed by atoms with Crippen LogP contribution in [-0.4, -0.2) is 14.5 Å². The minimum Gasteiger partial charge on any atom is -0.455 e. The second-order valence-corrected chi connectivity index (χ2v) is 11.8. The molecule has 0 amide bonds. The van der Waals surface area contributed by atoms with Gasteiger partial charge < -0.3 is 4.42 Å². The van der Waals surface area contributed by atoms with Gasteiger partial charge in [-0.3, -0.25) is 4.57 Å². The number of fused-ring (bicyclic) bond motifs is 11. The third-order valence-corrected chi connectivity index (χ3v) is 9.19. The molecule has 4 heteroatoms. The third kappa shape index (κ3) is 3.55. The van der Waals surface area contributed by atoms with Crippen molar-refractivity contribution in [1.29, 1.82) is 0 Å². The van der Waals surface area contributed by atoms with Gasteiger partial charge in [-0.05, 0) is 35.4 Å². The van der Waals surface area contributed by atoms with Gasteiger partial charge in [-0.15, -0.1) is 0 Å². The first-order valence-electron chi connectivity index (χ1n) is 15.5.